The number of benzene rings is 1. The SMILES string of the molecule is COc1cc(CNCCN2CCCCC2)ccc1O. The van der Waals surface area contributed by atoms with Crippen LogP contribution in [0.4, 0.5) is 0 Å². The van der Waals surface area contributed by atoms with Crippen molar-refractivity contribution < 1.29 is 9.84 Å². The van der Waals surface area contributed by atoms with Gasteiger partial charge in [0.1, 0.15) is 0 Å². The third-order valence-corrected chi connectivity index (χ3v) is 3.63. The highest BCUT2D eigenvalue weighted by molar-refractivity contribution is 5.41. The second kappa shape index (κ2) is 7.36. The van der Waals surface area contributed by atoms with Crippen LogP contribution in [0.5, 0.6) is 11.5 Å². The van der Waals surface area contributed by atoms with Crippen LogP contribution in [-0.2, 0) is 6.54 Å². The van der Waals surface area contributed by atoms with E-state index in [-0.39, 0.29) is 5.75 Å². The number of aromatic hydroxyl groups is 1. The van der Waals surface area contributed by atoms with E-state index in [0.717, 1.165) is 25.2 Å². The lowest BCUT2D eigenvalue weighted by molar-refractivity contribution is 0.229. The van der Waals surface area contributed by atoms with Crippen molar-refractivity contribution in [3.8, 4) is 11.5 Å². The van der Waals surface area contributed by atoms with E-state index in [2.05, 4.69) is 10.2 Å². The average molecular weight is 264 g/mol. The second-order valence-electron chi connectivity index (χ2n) is 5.09. The lowest BCUT2D eigenvalue weighted by Crippen LogP contribution is -2.35. The highest BCUT2D eigenvalue weighted by atomic mass is 16.5. The molecule has 2 N–H and O–H groups in total. The molecular weight excluding hydrogens is 240 g/mol. The molecule has 1 heterocycles. The largest absolute Gasteiger partial charge is 0.504 e. The molecule has 1 fully saturated rings. The molecule has 0 bridgehead atoms. The summed E-state index contributed by atoms with van der Waals surface area (Å²) in [5.74, 6) is 0.731. The summed E-state index contributed by atoms with van der Waals surface area (Å²) in [6.45, 7) is 5.42. The van der Waals surface area contributed by atoms with Gasteiger partial charge in [0.05, 0.1) is 7.11 Å². The van der Waals surface area contributed by atoms with Crippen LogP contribution in [-0.4, -0.2) is 43.3 Å². The molecule has 0 atom stereocenters. The van der Waals surface area contributed by atoms with Crippen LogP contribution in [0.1, 0.15) is 24.8 Å². The van der Waals surface area contributed by atoms with Crippen molar-refractivity contribution in [2.45, 2.75) is 25.8 Å². The topological polar surface area (TPSA) is 44.7 Å². The van der Waals surface area contributed by atoms with Crippen molar-refractivity contribution in [2.24, 2.45) is 0 Å². The molecule has 0 unspecified atom stereocenters. The first-order valence-electron chi connectivity index (χ1n) is 7.08. The van der Waals surface area contributed by atoms with E-state index in [1.165, 1.54) is 32.4 Å². The summed E-state index contributed by atoms with van der Waals surface area (Å²) in [6.07, 6.45) is 4.07. The molecule has 0 spiro atoms. The Morgan fingerprint density at radius 3 is 2.79 bits per heavy atom. The number of rotatable bonds is 6. The average Bonchev–Trinajstić information content (AvgIpc) is 2.46. The van der Waals surface area contributed by atoms with E-state index < -0.39 is 0 Å². The summed E-state index contributed by atoms with van der Waals surface area (Å²) in [5.41, 5.74) is 1.13. The molecule has 1 aromatic rings. The minimum Gasteiger partial charge on any atom is -0.504 e. The van der Waals surface area contributed by atoms with Gasteiger partial charge in [-0.3, -0.25) is 0 Å². The van der Waals surface area contributed by atoms with Gasteiger partial charge in [-0.05, 0) is 43.6 Å². The van der Waals surface area contributed by atoms with Gasteiger partial charge in [0.25, 0.3) is 0 Å². The maximum Gasteiger partial charge on any atom is 0.160 e. The molecule has 4 nitrogen and oxygen atoms in total. The first-order chi connectivity index (χ1) is 9.29. The molecule has 0 radical (unpaired) electrons. The quantitative estimate of drug-likeness (QED) is 0.771. The highest BCUT2D eigenvalue weighted by Gasteiger charge is 2.08. The van der Waals surface area contributed by atoms with Crippen LogP contribution in [0.2, 0.25) is 0 Å². The summed E-state index contributed by atoms with van der Waals surface area (Å²) in [4.78, 5) is 2.52. The third-order valence-electron chi connectivity index (χ3n) is 3.63. The number of hydrogen-bond donors (Lipinski definition) is 2. The van der Waals surface area contributed by atoms with Crippen molar-refractivity contribution in [1.82, 2.24) is 10.2 Å². The summed E-state index contributed by atoms with van der Waals surface area (Å²) < 4.78 is 5.10. The van der Waals surface area contributed by atoms with Crippen LogP contribution in [0, 0.1) is 0 Å². The Morgan fingerprint density at radius 2 is 2.05 bits per heavy atom. The van der Waals surface area contributed by atoms with Crippen molar-refractivity contribution in [3.05, 3.63) is 23.8 Å². The predicted molar refractivity (Wildman–Crippen MR) is 76.7 cm³/mol. The van der Waals surface area contributed by atoms with E-state index in [1.54, 1.807) is 13.2 Å². The maximum atomic E-state index is 9.52. The lowest BCUT2D eigenvalue weighted by atomic mass is 10.1. The number of methoxy groups -OCH3 is 1. The van der Waals surface area contributed by atoms with Crippen molar-refractivity contribution >= 4 is 0 Å². The minimum absolute atomic E-state index is 0.194. The fourth-order valence-corrected chi connectivity index (χ4v) is 2.48. The van der Waals surface area contributed by atoms with Gasteiger partial charge in [-0.25, -0.2) is 0 Å². The molecule has 0 aromatic heterocycles. The number of nitrogens with one attached hydrogen (secondary N) is 1. The molecule has 1 saturated heterocycles. The first-order valence-corrected chi connectivity index (χ1v) is 7.08. The molecule has 2 rings (SSSR count). The standard InChI is InChI=1S/C15H24N2O2/c1-19-15-11-13(5-6-14(15)18)12-16-7-10-17-8-3-2-4-9-17/h5-6,11,16,18H,2-4,7-10,12H2,1H3. The number of phenols is 1. The normalized spacial score (nSPS) is 16.5. The molecule has 1 aliphatic heterocycles. The third kappa shape index (κ3) is 4.40. The lowest BCUT2D eigenvalue weighted by Gasteiger charge is -2.26. The van der Waals surface area contributed by atoms with Crippen molar-refractivity contribution in [1.29, 1.82) is 0 Å². The molecule has 4 heteroatoms. The van der Waals surface area contributed by atoms with Gasteiger partial charge in [0.15, 0.2) is 11.5 Å². The van der Waals surface area contributed by atoms with Crippen LogP contribution in [0.3, 0.4) is 0 Å². The van der Waals surface area contributed by atoms with Crippen LogP contribution in [0.15, 0.2) is 18.2 Å². The molecule has 0 saturated carbocycles. The van der Waals surface area contributed by atoms with E-state index in [9.17, 15) is 5.11 Å². The molecule has 106 valence electrons. The van der Waals surface area contributed by atoms with E-state index in [4.69, 9.17) is 4.74 Å². The van der Waals surface area contributed by atoms with E-state index >= 15 is 0 Å². The molecule has 1 aliphatic rings. The van der Waals surface area contributed by atoms with Gasteiger partial charge in [0.2, 0.25) is 0 Å². The van der Waals surface area contributed by atoms with Gasteiger partial charge in [0, 0.05) is 19.6 Å². The Morgan fingerprint density at radius 1 is 1.26 bits per heavy atom. The Kier molecular flexibility index (Phi) is 5.48. The number of piperidine rings is 1. The molecular formula is C15H24N2O2. The summed E-state index contributed by atoms with van der Waals surface area (Å²) in [6, 6.07) is 5.48. The van der Waals surface area contributed by atoms with Crippen LogP contribution >= 0.6 is 0 Å². The Balaban J connectivity index is 1.70. The zero-order valence-electron chi connectivity index (χ0n) is 11.7. The summed E-state index contributed by atoms with van der Waals surface area (Å²) in [7, 11) is 1.57. The number of phenolic OH excluding ortho intramolecular Hbond substituents is 1. The van der Waals surface area contributed by atoms with E-state index in [0.29, 0.717) is 5.75 Å². The molecule has 1 aromatic carbocycles. The fourth-order valence-electron chi connectivity index (χ4n) is 2.48. The second-order valence-corrected chi connectivity index (χ2v) is 5.09. The zero-order valence-corrected chi connectivity index (χ0v) is 11.7. The van der Waals surface area contributed by atoms with Gasteiger partial charge >= 0.3 is 0 Å². The Labute approximate surface area is 115 Å². The van der Waals surface area contributed by atoms with Crippen LogP contribution in [0.25, 0.3) is 0 Å². The molecule has 0 aliphatic carbocycles. The molecule has 0 amide bonds. The van der Waals surface area contributed by atoms with Crippen molar-refractivity contribution in [2.75, 3.05) is 33.3 Å². The fraction of sp³-hybridized carbons (Fsp3) is 0.600. The smallest absolute Gasteiger partial charge is 0.160 e. The zero-order chi connectivity index (χ0) is 13.5. The van der Waals surface area contributed by atoms with Gasteiger partial charge in [-0.1, -0.05) is 12.5 Å². The minimum atomic E-state index is 0.194. The summed E-state index contributed by atoms with van der Waals surface area (Å²) in [5, 5.41) is 13.0. The number of nitrogens with zero attached hydrogens (tertiary/aromatic N) is 1. The maximum absolute atomic E-state index is 9.52. The predicted octanol–water partition coefficient (Wildman–Crippen LogP) is 1.98. The van der Waals surface area contributed by atoms with Gasteiger partial charge in [-0.15, -0.1) is 0 Å². The monoisotopic (exact) mass is 264 g/mol. The number of ether oxygens (including phenoxy) is 1. The van der Waals surface area contributed by atoms with Crippen molar-refractivity contribution in [3.63, 3.8) is 0 Å². The van der Waals surface area contributed by atoms with E-state index in [1.807, 2.05) is 12.1 Å². The summed E-state index contributed by atoms with van der Waals surface area (Å²) >= 11 is 0. The number of hydrogen-bond acceptors (Lipinski definition) is 4. The first kappa shape index (κ1) is 14.2. The Hall–Kier alpha value is -1.26. The van der Waals surface area contributed by atoms with Gasteiger partial charge < -0.3 is 20.1 Å². The van der Waals surface area contributed by atoms with Crippen LogP contribution < -0.4 is 10.1 Å². The number of likely N-dealkylation sites (tertiary alicyclic amines) is 1. The van der Waals surface area contributed by atoms with Gasteiger partial charge in [-0.2, -0.15) is 0 Å². The Bertz CT molecular complexity index is 390. The molecule has 19 heavy (non-hydrogen) atoms. The highest BCUT2D eigenvalue weighted by Crippen LogP contribution is 2.26.